The lowest BCUT2D eigenvalue weighted by atomic mass is 10.2. The van der Waals surface area contributed by atoms with Crippen LogP contribution < -0.4 is 11.1 Å². The molecule has 0 aliphatic heterocycles. The van der Waals surface area contributed by atoms with Crippen LogP contribution in [0.1, 0.15) is 23.0 Å². The molecule has 0 fully saturated rings. The lowest BCUT2D eigenvalue weighted by Gasteiger charge is -2.08. The predicted molar refractivity (Wildman–Crippen MR) is 61.6 cm³/mol. The largest absolute Gasteiger partial charge is 0.350 e. The number of hydrogen-bond donors (Lipinski definition) is 2. The van der Waals surface area contributed by atoms with Gasteiger partial charge in [0.15, 0.2) is 0 Å². The molecule has 0 radical (unpaired) electrons. The van der Waals surface area contributed by atoms with Crippen molar-refractivity contribution < 1.29 is 9.72 Å². The minimum absolute atomic E-state index is 0.0371. The number of nitrogens with one attached hydrogen (secondary N) is 1. The summed E-state index contributed by atoms with van der Waals surface area (Å²) < 4.78 is 0. The van der Waals surface area contributed by atoms with Crippen molar-refractivity contribution in [1.82, 2.24) is 5.32 Å². The first-order chi connectivity index (χ1) is 7.54. The van der Waals surface area contributed by atoms with Crippen molar-refractivity contribution in [1.29, 1.82) is 0 Å². The summed E-state index contributed by atoms with van der Waals surface area (Å²) in [6.45, 7) is 2.30. The van der Waals surface area contributed by atoms with Crippen LogP contribution in [0, 0.1) is 10.1 Å². The predicted octanol–water partition coefficient (Wildman–Crippen LogP) is 1.12. The molecule has 1 amide bonds. The van der Waals surface area contributed by atoms with Crippen molar-refractivity contribution in [3.63, 3.8) is 0 Å². The zero-order valence-corrected chi connectivity index (χ0v) is 9.62. The number of carbonyl (C=O) groups is 1. The van der Waals surface area contributed by atoms with Gasteiger partial charge in [-0.3, -0.25) is 14.9 Å². The maximum Gasteiger partial charge on any atom is 0.324 e. The number of nitro groups is 1. The number of rotatable bonds is 5. The summed E-state index contributed by atoms with van der Waals surface area (Å²) >= 11 is 0.856. The van der Waals surface area contributed by atoms with E-state index in [4.69, 9.17) is 5.73 Å². The number of thiophene rings is 1. The summed E-state index contributed by atoms with van der Waals surface area (Å²) in [7, 11) is 0. The van der Waals surface area contributed by atoms with E-state index in [0.29, 0.717) is 11.4 Å². The van der Waals surface area contributed by atoms with Gasteiger partial charge in [0.25, 0.3) is 5.91 Å². The smallest absolute Gasteiger partial charge is 0.324 e. The summed E-state index contributed by atoms with van der Waals surface area (Å²) in [5, 5.41) is 13.0. The van der Waals surface area contributed by atoms with Gasteiger partial charge in [-0.2, -0.15) is 0 Å². The van der Waals surface area contributed by atoms with Crippen molar-refractivity contribution in [3.05, 3.63) is 27.1 Å². The molecule has 7 heteroatoms. The maximum atomic E-state index is 11.5. The first-order valence-electron chi connectivity index (χ1n) is 4.82. The van der Waals surface area contributed by atoms with E-state index in [1.54, 1.807) is 0 Å². The summed E-state index contributed by atoms with van der Waals surface area (Å²) in [6.07, 6.45) is 0.769. The molecular weight excluding hydrogens is 230 g/mol. The first-order valence-corrected chi connectivity index (χ1v) is 5.64. The Kier molecular flexibility index (Phi) is 4.39. The van der Waals surface area contributed by atoms with Gasteiger partial charge >= 0.3 is 5.00 Å². The van der Waals surface area contributed by atoms with Gasteiger partial charge in [0.05, 0.1) is 9.80 Å². The molecule has 0 aliphatic carbocycles. The van der Waals surface area contributed by atoms with E-state index in [1.807, 2.05) is 6.92 Å². The van der Waals surface area contributed by atoms with Crippen molar-refractivity contribution >= 4 is 22.2 Å². The molecule has 88 valence electrons. The molecule has 1 aromatic heterocycles. The first kappa shape index (κ1) is 12.6. The molecule has 6 nitrogen and oxygen atoms in total. The van der Waals surface area contributed by atoms with E-state index < -0.39 is 4.92 Å². The number of hydrogen-bond acceptors (Lipinski definition) is 5. The molecule has 0 aliphatic rings. The van der Waals surface area contributed by atoms with Crippen LogP contribution in [0.5, 0.6) is 0 Å². The molecule has 1 unspecified atom stereocenters. The second-order valence-electron chi connectivity index (χ2n) is 3.27. The van der Waals surface area contributed by atoms with Crippen LogP contribution in [-0.4, -0.2) is 23.4 Å². The third kappa shape index (κ3) is 3.28. The summed E-state index contributed by atoms with van der Waals surface area (Å²) in [5.74, 6) is -0.318. The van der Waals surface area contributed by atoms with Gasteiger partial charge in [-0.05, 0) is 12.5 Å². The van der Waals surface area contributed by atoms with E-state index in [1.165, 1.54) is 12.1 Å². The van der Waals surface area contributed by atoms with Gasteiger partial charge in [-0.1, -0.05) is 18.3 Å². The van der Waals surface area contributed by atoms with Gasteiger partial charge in [-0.15, -0.1) is 0 Å². The standard InChI is InChI=1S/C9H13N3O3S/c1-2-6(10)5-11-9(13)7-3-4-8(16-7)12(14)15/h3-4,6H,2,5,10H2,1H3,(H,11,13). The Morgan fingerprint density at radius 1 is 1.69 bits per heavy atom. The zero-order chi connectivity index (χ0) is 12.1. The average molecular weight is 243 g/mol. The second-order valence-corrected chi connectivity index (χ2v) is 4.34. The van der Waals surface area contributed by atoms with Crippen LogP contribution in [0.3, 0.4) is 0 Å². The fraction of sp³-hybridized carbons (Fsp3) is 0.444. The van der Waals surface area contributed by atoms with E-state index in [-0.39, 0.29) is 17.0 Å². The monoisotopic (exact) mass is 243 g/mol. The number of nitrogens with two attached hydrogens (primary N) is 1. The molecule has 1 atom stereocenters. The Balaban J connectivity index is 2.56. The van der Waals surface area contributed by atoms with Gasteiger partial charge in [-0.25, -0.2) is 0 Å². The second kappa shape index (κ2) is 5.57. The van der Waals surface area contributed by atoms with E-state index in [2.05, 4.69) is 5.32 Å². The quantitative estimate of drug-likeness (QED) is 0.598. The summed E-state index contributed by atoms with van der Waals surface area (Å²) in [5.41, 5.74) is 5.63. The minimum Gasteiger partial charge on any atom is -0.350 e. The number of amides is 1. The van der Waals surface area contributed by atoms with Gasteiger partial charge in [0.1, 0.15) is 0 Å². The Labute approximate surface area is 96.6 Å². The lowest BCUT2D eigenvalue weighted by Crippen LogP contribution is -2.36. The molecular formula is C9H13N3O3S. The van der Waals surface area contributed by atoms with Crippen LogP contribution in [0.4, 0.5) is 5.00 Å². The fourth-order valence-corrected chi connectivity index (χ4v) is 1.74. The average Bonchev–Trinajstić information content (AvgIpc) is 2.74. The Morgan fingerprint density at radius 3 is 2.88 bits per heavy atom. The molecule has 0 saturated carbocycles. The molecule has 0 spiro atoms. The molecule has 0 saturated heterocycles. The summed E-state index contributed by atoms with van der Waals surface area (Å²) in [4.78, 5) is 21.7. The molecule has 1 heterocycles. The Hall–Kier alpha value is -1.47. The molecule has 16 heavy (non-hydrogen) atoms. The van der Waals surface area contributed by atoms with E-state index in [0.717, 1.165) is 17.8 Å². The van der Waals surface area contributed by atoms with Gasteiger partial charge in [0, 0.05) is 18.7 Å². The van der Waals surface area contributed by atoms with Crippen molar-refractivity contribution in [2.75, 3.05) is 6.54 Å². The highest BCUT2D eigenvalue weighted by Crippen LogP contribution is 2.23. The number of nitrogens with zero attached hydrogens (tertiary/aromatic N) is 1. The maximum absolute atomic E-state index is 11.5. The topological polar surface area (TPSA) is 98.3 Å². The van der Waals surface area contributed by atoms with Crippen molar-refractivity contribution in [3.8, 4) is 0 Å². The molecule has 0 aromatic carbocycles. The highest BCUT2D eigenvalue weighted by Gasteiger charge is 2.15. The van der Waals surface area contributed by atoms with E-state index in [9.17, 15) is 14.9 Å². The van der Waals surface area contributed by atoms with Crippen molar-refractivity contribution in [2.45, 2.75) is 19.4 Å². The third-order valence-corrected chi connectivity index (χ3v) is 3.08. The molecule has 3 N–H and O–H groups in total. The highest BCUT2D eigenvalue weighted by atomic mass is 32.1. The highest BCUT2D eigenvalue weighted by molar-refractivity contribution is 7.17. The van der Waals surface area contributed by atoms with Crippen LogP contribution >= 0.6 is 11.3 Å². The molecule has 0 bridgehead atoms. The van der Waals surface area contributed by atoms with Gasteiger partial charge < -0.3 is 11.1 Å². The van der Waals surface area contributed by atoms with Crippen molar-refractivity contribution in [2.24, 2.45) is 5.73 Å². The van der Waals surface area contributed by atoms with Crippen LogP contribution in [0.15, 0.2) is 12.1 Å². The van der Waals surface area contributed by atoms with Crippen LogP contribution in [-0.2, 0) is 0 Å². The van der Waals surface area contributed by atoms with E-state index >= 15 is 0 Å². The lowest BCUT2D eigenvalue weighted by molar-refractivity contribution is -0.380. The number of carbonyl (C=O) groups excluding carboxylic acids is 1. The Bertz CT molecular complexity index is 391. The third-order valence-electron chi connectivity index (χ3n) is 2.04. The fourth-order valence-electron chi connectivity index (χ4n) is 1.00. The van der Waals surface area contributed by atoms with Crippen LogP contribution in [0.25, 0.3) is 0 Å². The zero-order valence-electron chi connectivity index (χ0n) is 8.80. The molecule has 1 aromatic rings. The normalized spacial score (nSPS) is 12.1. The SMILES string of the molecule is CCC(N)CNC(=O)c1ccc([N+](=O)[O-])s1. The summed E-state index contributed by atoms with van der Waals surface area (Å²) in [6, 6.07) is 2.67. The van der Waals surface area contributed by atoms with Crippen LogP contribution in [0.2, 0.25) is 0 Å². The molecule has 1 rings (SSSR count). The minimum atomic E-state index is -0.515. The Morgan fingerprint density at radius 2 is 2.38 bits per heavy atom. The van der Waals surface area contributed by atoms with Gasteiger partial charge in [0.2, 0.25) is 0 Å².